The van der Waals surface area contributed by atoms with Crippen LogP contribution in [0.5, 0.6) is 5.75 Å². The topological polar surface area (TPSA) is 51.2 Å². The molecule has 1 aromatic rings. The van der Waals surface area contributed by atoms with Gasteiger partial charge in [-0.1, -0.05) is 0 Å². The number of carbonyl (C=O) groups is 1. The molecular weight excluding hydrogens is 272 g/mol. The summed E-state index contributed by atoms with van der Waals surface area (Å²) in [5.41, 5.74) is 1.13. The summed E-state index contributed by atoms with van der Waals surface area (Å²) in [6, 6.07) is 7.63. The van der Waals surface area contributed by atoms with Gasteiger partial charge in [-0.2, -0.15) is 0 Å². The van der Waals surface area contributed by atoms with Gasteiger partial charge in [0.25, 0.3) is 0 Å². The second kappa shape index (κ2) is 6.78. The molecule has 0 saturated carbocycles. The lowest BCUT2D eigenvalue weighted by Gasteiger charge is -2.29. The zero-order valence-electron chi connectivity index (χ0n) is 12.0. The maximum atomic E-state index is 12.0. The first-order valence-electron chi connectivity index (χ1n) is 7.30. The fraction of sp³-hybridized carbons (Fsp3) is 0.533. The van der Waals surface area contributed by atoms with Crippen molar-refractivity contribution in [2.45, 2.75) is 0 Å². The minimum atomic E-state index is -0.308. The van der Waals surface area contributed by atoms with Gasteiger partial charge >= 0.3 is 6.09 Å². The van der Waals surface area contributed by atoms with E-state index in [0.717, 1.165) is 32.0 Å². The normalized spacial score (nSPS) is 19.4. The SMILES string of the molecule is O=C(Oc1ccc(N2CCOCC2)cc1)N1CCOCC1. The molecule has 0 radical (unpaired) electrons. The van der Waals surface area contributed by atoms with Gasteiger partial charge in [0.05, 0.1) is 26.4 Å². The molecule has 0 bridgehead atoms. The number of amides is 1. The van der Waals surface area contributed by atoms with Crippen LogP contribution < -0.4 is 9.64 Å². The first kappa shape index (κ1) is 14.2. The standard InChI is InChI=1S/C15H20N2O4/c18-15(17-7-11-20-12-8-17)21-14-3-1-13(2-4-14)16-5-9-19-10-6-16/h1-4H,5-12H2. The van der Waals surface area contributed by atoms with E-state index in [1.54, 1.807) is 4.90 Å². The highest BCUT2D eigenvalue weighted by atomic mass is 16.6. The molecule has 2 heterocycles. The Morgan fingerprint density at radius 3 is 2.10 bits per heavy atom. The molecule has 6 nitrogen and oxygen atoms in total. The van der Waals surface area contributed by atoms with E-state index in [9.17, 15) is 4.79 Å². The van der Waals surface area contributed by atoms with E-state index in [1.165, 1.54) is 0 Å². The molecule has 2 aliphatic rings. The number of benzene rings is 1. The van der Waals surface area contributed by atoms with Gasteiger partial charge in [-0.15, -0.1) is 0 Å². The average Bonchev–Trinajstić information content (AvgIpc) is 2.57. The average molecular weight is 292 g/mol. The van der Waals surface area contributed by atoms with Gasteiger partial charge in [0, 0.05) is 31.9 Å². The maximum Gasteiger partial charge on any atom is 0.415 e. The van der Waals surface area contributed by atoms with Crippen LogP contribution in [0.15, 0.2) is 24.3 Å². The van der Waals surface area contributed by atoms with Crippen LogP contribution in [-0.4, -0.2) is 63.6 Å². The third-order valence-electron chi connectivity index (χ3n) is 3.69. The van der Waals surface area contributed by atoms with Crippen molar-refractivity contribution >= 4 is 11.8 Å². The molecular formula is C15H20N2O4. The molecule has 2 aliphatic heterocycles. The van der Waals surface area contributed by atoms with Gasteiger partial charge in [-0.05, 0) is 24.3 Å². The third-order valence-corrected chi connectivity index (χ3v) is 3.69. The van der Waals surface area contributed by atoms with Crippen LogP contribution in [0.2, 0.25) is 0 Å². The van der Waals surface area contributed by atoms with Crippen molar-refractivity contribution in [2.75, 3.05) is 57.5 Å². The minimum absolute atomic E-state index is 0.308. The van der Waals surface area contributed by atoms with Crippen LogP contribution >= 0.6 is 0 Å². The molecule has 114 valence electrons. The highest BCUT2D eigenvalue weighted by molar-refractivity contribution is 5.71. The fourth-order valence-corrected chi connectivity index (χ4v) is 2.46. The van der Waals surface area contributed by atoms with Crippen LogP contribution in [0.1, 0.15) is 0 Å². The minimum Gasteiger partial charge on any atom is -0.410 e. The van der Waals surface area contributed by atoms with Crippen LogP contribution in [0.25, 0.3) is 0 Å². The number of carbonyl (C=O) groups excluding carboxylic acids is 1. The number of hydrogen-bond acceptors (Lipinski definition) is 5. The van der Waals surface area contributed by atoms with Gasteiger partial charge in [-0.3, -0.25) is 0 Å². The molecule has 1 amide bonds. The summed E-state index contributed by atoms with van der Waals surface area (Å²) in [5, 5.41) is 0. The quantitative estimate of drug-likeness (QED) is 0.823. The van der Waals surface area contributed by atoms with Crippen LogP contribution in [0.4, 0.5) is 10.5 Å². The lowest BCUT2D eigenvalue weighted by Crippen LogP contribution is -2.42. The zero-order chi connectivity index (χ0) is 14.5. The lowest BCUT2D eigenvalue weighted by molar-refractivity contribution is 0.0416. The van der Waals surface area contributed by atoms with E-state index in [1.807, 2.05) is 24.3 Å². The van der Waals surface area contributed by atoms with Gasteiger partial charge < -0.3 is 24.0 Å². The molecule has 0 unspecified atom stereocenters. The Kier molecular flexibility index (Phi) is 4.57. The van der Waals surface area contributed by atoms with Crippen LogP contribution in [0, 0.1) is 0 Å². The van der Waals surface area contributed by atoms with Crippen molar-refractivity contribution in [2.24, 2.45) is 0 Å². The number of morpholine rings is 2. The van der Waals surface area contributed by atoms with Crippen molar-refractivity contribution < 1.29 is 19.0 Å². The Bertz CT molecular complexity index is 465. The molecule has 6 heteroatoms. The van der Waals surface area contributed by atoms with Gasteiger partial charge in [0.2, 0.25) is 0 Å². The number of ether oxygens (including phenoxy) is 3. The predicted molar refractivity (Wildman–Crippen MR) is 77.9 cm³/mol. The smallest absolute Gasteiger partial charge is 0.410 e. The van der Waals surface area contributed by atoms with Crippen molar-refractivity contribution in [1.82, 2.24) is 4.90 Å². The Morgan fingerprint density at radius 1 is 0.905 bits per heavy atom. The summed E-state index contributed by atoms with van der Waals surface area (Å²) >= 11 is 0. The first-order valence-corrected chi connectivity index (χ1v) is 7.30. The second-order valence-electron chi connectivity index (χ2n) is 5.06. The summed E-state index contributed by atoms with van der Waals surface area (Å²) in [5.74, 6) is 0.573. The highest BCUT2D eigenvalue weighted by Gasteiger charge is 2.19. The first-order chi connectivity index (χ1) is 10.3. The molecule has 3 rings (SSSR count). The Morgan fingerprint density at radius 2 is 1.48 bits per heavy atom. The summed E-state index contributed by atoms with van der Waals surface area (Å²) < 4.78 is 15.9. The molecule has 0 spiro atoms. The highest BCUT2D eigenvalue weighted by Crippen LogP contribution is 2.21. The Labute approximate surface area is 124 Å². The monoisotopic (exact) mass is 292 g/mol. The Balaban J connectivity index is 1.57. The number of hydrogen-bond donors (Lipinski definition) is 0. The molecule has 0 atom stereocenters. The van der Waals surface area contributed by atoms with Crippen molar-refractivity contribution in [3.63, 3.8) is 0 Å². The Hall–Kier alpha value is -1.79. The van der Waals surface area contributed by atoms with E-state index in [4.69, 9.17) is 14.2 Å². The predicted octanol–water partition coefficient (Wildman–Crippen LogP) is 1.35. The fourth-order valence-electron chi connectivity index (χ4n) is 2.46. The molecule has 1 aromatic carbocycles. The number of anilines is 1. The molecule has 0 N–H and O–H groups in total. The largest absolute Gasteiger partial charge is 0.415 e. The second-order valence-corrected chi connectivity index (χ2v) is 5.06. The van der Waals surface area contributed by atoms with Crippen molar-refractivity contribution in [3.05, 3.63) is 24.3 Å². The maximum absolute atomic E-state index is 12.0. The lowest BCUT2D eigenvalue weighted by atomic mass is 10.2. The van der Waals surface area contributed by atoms with Gasteiger partial charge in [0.1, 0.15) is 5.75 Å². The molecule has 0 aliphatic carbocycles. The van der Waals surface area contributed by atoms with Crippen molar-refractivity contribution in [1.29, 1.82) is 0 Å². The van der Waals surface area contributed by atoms with E-state index in [-0.39, 0.29) is 6.09 Å². The van der Waals surface area contributed by atoms with E-state index >= 15 is 0 Å². The van der Waals surface area contributed by atoms with Crippen molar-refractivity contribution in [3.8, 4) is 5.75 Å². The number of nitrogens with zero attached hydrogens (tertiary/aromatic N) is 2. The van der Waals surface area contributed by atoms with Crippen LogP contribution in [-0.2, 0) is 9.47 Å². The summed E-state index contributed by atoms with van der Waals surface area (Å²) in [6.07, 6.45) is -0.308. The zero-order valence-corrected chi connectivity index (χ0v) is 12.0. The van der Waals surface area contributed by atoms with E-state index in [0.29, 0.717) is 32.1 Å². The van der Waals surface area contributed by atoms with E-state index < -0.39 is 0 Å². The molecule has 2 fully saturated rings. The van der Waals surface area contributed by atoms with Crippen LogP contribution in [0.3, 0.4) is 0 Å². The van der Waals surface area contributed by atoms with E-state index in [2.05, 4.69) is 4.90 Å². The third kappa shape index (κ3) is 3.65. The summed E-state index contributed by atoms with van der Waals surface area (Å²) in [4.78, 5) is 15.9. The number of rotatable bonds is 2. The summed E-state index contributed by atoms with van der Waals surface area (Å²) in [7, 11) is 0. The molecule has 21 heavy (non-hydrogen) atoms. The van der Waals surface area contributed by atoms with Gasteiger partial charge in [-0.25, -0.2) is 4.79 Å². The van der Waals surface area contributed by atoms with Gasteiger partial charge in [0.15, 0.2) is 0 Å². The summed E-state index contributed by atoms with van der Waals surface area (Å²) in [6.45, 7) is 5.63. The molecule has 2 saturated heterocycles. The molecule has 0 aromatic heterocycles.